The summed E-state index contributed by atoms with van der Waals surface area (Å²) in [6.07, 6.45) is -1.17. The van der Waals surface area contributed by atoms with Gasteiger partial charge in [-0.25, -0.2) is 18.4 Å². The number of nitrogens with zero attached hydrogens (tertiary/aromatic N) is 1. The van der Waals surface area contributed by atoms with Crippen molar-refractivity contribution < 1.29 is 28.2 Å². The lowest BCUT2D eigenvalue weighted by molar-refractivity contribution is -0.138. The van der Waals surface area contributed by atoms with Crippen LogP contribution in [0.25, 0.3) is 0 Å². The van der Waals surface area contributed by atoms with Crippen LogP contribution in [0.3, 0.4) is 0 Å². The second kappa shape index (κ2) is 4.98. The van der Waals surface area contributed by atoms with Gasteiger partial charge in [0, 0.05) is 18.1 Å². The van der Waals surface area contributed by atoms with Crippen LogP contribution in [0.2, 0.25) is 0 Å². The first kappa shape index (κ1) is 15.2. The predicted octanol–water partition coefficient (Wildman–Crippen LogP) is 2.72. The number of halogens is 2. The van der Waals surface area contributed by atoms with Gasteiger partial charge in [0.05, 0.1) is 5.69 Å². The SMILES string of the molecule is CC(C)(C)OC(=O)N1c2cc(F)cc(F)c2CC1C(=O)O. The average molecular weight is 299 g/mol. The quantitative estimate of drug-likeness (QED) is 0.866. The third-order valence-corrected chi connectivity index (χ3v) is 2.98. The summed E-state index contributed by atoms with van der Waals surface area (Å²) >= 11 is 0. The van der Waals surface area contributed by atoms with Crippen LogP contribution >= 0.6 is 0 Å². The molecule has 0 aliphatic carbocycles. The molecule has 1 aliphatic rings. The second-order valence-corrected chi connectivity index (χ2v) is 5.79. The number of ether oxygens (including phenoxy) is 1. The lowest BCUT2D eigenvalue weighted by Crippen LogP contribution is -2.45. The zero-order chi connectivity index (χ0) is 15.9. The lowest BCUT2D eigenvalue weighted by Gasteiger charge is -2.27. The van der Waals surface area contributed by atoms with Crippen LogP contribution in [-0.2, 0) is 16.0 Å². The Morgan fingerprint density at radius 1 is 1.33 bits per heavy atom. The molecule has 0 spiro atoms. The molecule has 1 atom stereocenters. The van der Waals surface area contributed by atoms with Gasteiger partial charge in [0.15, 0.2) is 0 Å². The van der Waals surface area contributed by atoms with Crippen molar-refractivity contribution in [2.75, 3.05) is 4.90 Å². The number of aliphatic carboxylic acids is 1. The van der Waals surface area contributed by atoms with E-state index in [4.69, 9.17) is 4.74 Å². The smallest absolute Gasteiger partial charge is 0.415 e. The Labute approximate surface area is 120 Å². The molecule has 1 N–H and O–H groups in total. The molecule has 0 bridgehead atoms. The molecule has 21 heavy (non-hydrogen) atoms. The summed E-state index contributed by atoms with van der Waals surface area (Å²) in [5.74, 6) is -3.06. The number of hydrogen-bond donors (Lipinski definition) is 1. The molecule has 0 radical (unpaired) electrons. The molecule has 0 fully saturated rings. The van der Waals surface area contributed by atoms with Crippen LogP contribution in [0.4, 0.5) is 19.3 Å². The molecule has 1 aromatic rings. The zero-order valence-electron chi connectivity index (χ0n) is 11.8. The Bertz CT molecular complexity index is 610. The first-order chi connectivity index (χ1) is 9.60. The highest BCUT2D eigenvalue weighted by Crippen LogP contribution is 2.36. The third-order valence-electron chi connectivity index (χ3n) is 2.98. The van der Waals surface area contributed by atoms with Gasteiger partial charge >= 0.3 is 12.1 Å². The molecular weight excluding hydrogens is 284 g/mol. The minimum atomic E-state index is -1.31. The number of amides is 1. The number of benzene rings is 1. The normalized spacial score (nSPS) is 17.6. The fourth-order valence-electron chi connectivity index (χ4n) is 2.19. The van der Waals surface area contributed by atoms with E-state index in [1.165, 1.54) is 0 Å². The van der Waals surface area contributed by atoms with Crippen LogP contribution in [-0.4, -0.2) is 28.8 Å². The van der Waals surface area contributed by atoms with Crippen LogP contribution in [0.15, 0.2) is 12.1 Å². The minimum absolute atomic E-state index is 0.00495. The summed E-state index contributed by atoms with van der Waals surface area (Å²) < 4.78 is 32.2. The van der Waals surface area contributed by atoms with E-state index in [9.17, 15) is 23.5 Å². The molecule has 1 heterocycles. The maximum Gasteiger partial charge on any atom is 0.415 e. The first-order valence-corrected chi connectivity index (χ1v) is 6.33. The van der Waals surface area contributed by atoms with E-state index in [-0.39, 0.29) is 17.7 Å². The molecule has 0 saturated carbocycles. The molecule has 5 nitrogen and oxygen atoms in total. The van der Waals surface area contributed by atoms with Crippen LogP contribution in [0.1, 0.15) is 26.3 Å². The van der Waals surface area contributed by atoms with Crippen molar-refractivity contribution in [2.45, 2.75) is 38.8 Å². The average Bonchev–Trinajstić information content (AvgIpc) is 2.66. The molecule has 1 unspecified atom stereocenters. The number of fused-ring (bicyclic) bond motifs is 1. The van der Waals surface area contributed by atoms with Gasteiger partial charge in [0.2, 0.25) is 0 Å². The largest absolute Gasteiger partial charge is 0.480 e. The first-order valence-electron chi connectivity index (χ1n) is 6.33. The summed E-state index contributed by atoms with van der Waals surface area (Å²) in [7, 11) is 0. The molecular formula is C14H15F2NO4. The molecule has 7 heteroatoms. The molecule has 0 aromatic heterocycles. The van der Waals surface area contributed by atoms with Gasteiger partial charge in [-0.3, -0.25) is 4.90 Å². The molecule has 1 aliphatic heterocycles. The highest BCUT2D eigenvalue weighted by Gasteiger charge is 2.42. The van der Waals surface area contributed by atoms with Crippen molar-refractivity contribution in [1.82, 2.24) is 0 Å². The van der Waals surface area contributed by atoms with Crippen LogP contribution in [0, 0.1) is 11.6 Å². The van der Waals surface area contributed by atoms with Crippen molar-refractivity contribution in [3.63, 3.8) is 0 Å². The second-order valence-electron chi connectivity index (χ2n) is 5.79. The van der Waals surface area contributed by atoms with Gasteiger partial charge in [0.1, 0.15) is 23.3 Å². The van der Waals surface area contributed by atoms with E-state index in [1.54, 1.807) is 20.8 Å². The highest BCUT2D eigenvalue weighted by molar-refractivity contribution is 5.98. The maximum atomic E-state index is 13.8. The molecule has 114 valence electrons. The number of hydrogen-bond acceptors (Lipinski definition) is 3. The van der Waals surface area contributed by atoms with Crippen molar-refractivity contribution in [3.8, 4) is 0 Å². The molecule has 1 aromatic carbocycles. The fraction of sp³-hybridized carbons (Fsp3) is 0.429. The van der Waals surface area contributed by atoms with Gasteiger partial charge in [-0.05, 0) is 26.8 Å². The summed E-state index contributed by atoms with van der Waals surface area (Å²) in [6, 6.07) is 0.285. The van der Waals surface area contributed by atoms with Crippen molar-refractivity contribution in [3.05, 3.63) is 29.3 Å². The molecule has 0 saturated heterocycles. The standard InChI is InChI=1S/C14H15F2NO4/c1-14(2,3)21-13(20)17-10-5-7(15)4-9(16)8(10)6-11(17)12(18)19/h4-5,11H,6H2,1-3H3,(H,18,19). The molecule has 1 amide bonds. The van der Waals surface area contributed by atoms with E-state index in [2.05, 4.69) is 0 Å². The van der Waals surface area contributed by atoms with Crippen LogP contribution < -0.4 is 4.90 Å². The Morgan fingerprint density at radius 2 is 1.95 bits per heavy atom. The van der Waals surface area contributed by atoms with E-state index in [0.29, 0.717) is 6.07 Å². The van der Waals surface area contributed by atoms with E-state index in [1.807, 2.05) is 0 Å². The predicted molar refractivity (Wildman–Crippen MR) is 70.2 cm³/mol. The number of anilines is 1. The summed E-state index contributed by atoms with van der Waals surface area (Å²) in [5, 5.41) is 9.20. The summed E-state index contributed by atoms with van der Waals surface area (Å²) in [5.41, 5.74) is -0.960. The minimum Gasteiger partial charge on any atom is -0.480 e. The van der Waals surface area contributed by atoms with Crippen molar-refractivity contribution in [2.24, 2.45) is 0 Å². The molecule has 2 rings (SSSR count). The van der Waals surface area contributed by atoms with E-state index >= 15 is 0 Å². The Morgan fingerprint density at radius 3 is 2.48 bits per heavy atom. The fourth-order valence-corrected chi connectivity index (χ4v) is 2.19. The van der Waals surface area contributed by atoms with Gasteiger partial charge in [-0.15, -0.1) is 0 Å². The number of carboxylic acids is 1. The Balaban J connectivity index is 2.47. The topological polar surface area (TPSA) is 66.8 Å². The highest BCUT2D eigenvalue weighted by atomic mass is 19.1. The number of carboxylic acid groups (broad SMARTS) is 1. The monoisotopic (exact) mass is 299 g/mol. The van der Waals surface area contributed by atoms with Gasteiger partial charge < -0.3 is 9.84 Å². The number of carbonyl (C=O) groups is 2. The maximum absolute atomic E-state index is 13.8. The Hall–Kier alpha value is -2.18. The van der Waals surface area contributed by atoms with E-state index in [0.717, 1.165) is 11.0 Å². The van der Waals surface area contributed by atoms with Gasteiger partial charge in [0.25, 0.3) is 0 Å². The summed E-state index contributed by atoms with van der Waals surface area (Å²) in [6.45, 7) is 4.84. The van der Waals surface area contributed by atoms with Gasteiger partial charge in [-0.2, -0.15) is 0 Å². The number of rotatable bonds is 1. The van der Waals surface area contributed by atoms with E-state index < -0.39 is 35.3 Å². The zero-order valence-corrected chi connectivity index (χ0v) is 11.8. The Kier molecular flexibility index (Phi) is 3.61. The summed E-state index contributed by atoms with van der Waals surface area (Å²) in [4.78, 5) is 24.2. The van der Waals surface area contributed by atoms with Crippen molar-refractivity contribution in [1.29, 1.82) is 0 Å². The third kappa shape index (κ3) is 2.96. The van der Waals surface area contributed by atoms with Crippen molar-refractivity contribution >= 4 is 17.7 Å². The number of carbonyl (C=O) groups excluding carboxylic acids is 1. The van der Waals surface area contributed by atoms with Gasteiger partial charge in [-0.1, -0.05) is 0 Å². The van der Waals surface area contributed by atoms with Crippen LogP contribution in [0.5, 0.6) is 0 Å². The lowest BCUT2D eigenvalue weighted by atomic mass is 10.1.